The summed E-state index contributed by atoms with van der Waals surface area (Å²) in [5.74, 6) is 0.976. The molecule has 0 aliphatic carbocycles. The van der Waals surface area contributed by atoms with Gasteiger partial charge in [0.1, 0.15) is 31.0 Å². The van der Waals surface area contributed by atoms with Gasteiger partial charge in [-0.1, -0.05) is 18.2 Å². The molecule has 2 rings (SSSR count). The summed E-state index contributed by atoms with van der Waals surface area (Å²) >= 11 is 0. The minimum Gasteiger partial charge on any atom is -0.496 e. The maximum atomic E-state index is 12.1. The van der Waals surface area contributed by atoms with Crippen LogP contribution in [0.25, 0.3) is 0 Å². The van der Waals surface area contributed by atoms with Crippen LogP contribution in [-0.2, 0) is 16.0 Å². The Morgan fingerprint density at radius 3 is 2.68 bits per heavy atom. The van der Waals surface area contributed by atoms with Crippen LogP contribution in [0.15, 0.2) is 24.3 Å². The topological polar surface area (TPSA) is 52.0 Å². The Labute approximate surface area is 132 Å². The summed E-state index contributed by atoms with van der Waals surface area (Å²) in [4.78, 5) is 13.4. The van der Waals surface area contributed by atoms with E-state index in [2.05, 4.69) is 19.2 Å². The Morgan fingerprint density at radius 2 is 2.00 bits per heavy atom. The summed E-state index contributed by atoms with van der Waals surface area (Å²) < 4.78 is 11.0. The van der Waals surface area contributed by atoms with E-state index in [0.29, 0.717) is 13.1 Å². The molecular weight excluding hydrogens is 280 g/mol. The van der Waals surface area contributed by atoms with E-state index in [-0.39, 0.29) is 18.1 Å². The first kappa shape index (κ1) is 16.8. The van der Waals surface area contributed by atoms with Crippen molar-refractivity contribution in [1.29, 1.82) is 0 Å². The third-order valence-corrected chi connectivity index (χ3v) is 3.94. The predicted octanol–water partition coefficient (Wildman–Crippen LogP) is 0.0460. The van der Waals surface area contributed by atoms with Crippen molar-refractivity contribution in [3.05, 3.63) is 29.8 Å². The fraction of sp³-hybridized carbons (Fsp3) is 0.588. The molecule has 1 aliphatic rings. The van der Waals surface area contributed by atoms with Crippen LogP contribution in [0.4, 0.5) is 0 Å². The van der Waals surface area contributed by atoms with Crippen molar-refractivity contribution >= 4 is 5.91 Å². The minimum atomic E-state index is 0.103. The second-order valence-corrected chi connectivity index (χ2v) is 6.00. The molecule has 2 atom stereocenters. The summed E-state index contributed by atoms with van der Waals surface area (Å²) in [6.07, 6.45) is 1.22. The minimum absolute atomic E-state index is 0.103. The summed E-state index contributed by atoms with van der Waals surface area (Å²) in [6.45, 7) is 7.07. The zero-order valence-electron chi connectivity index (χ0n) is 13.7. The van der Waals surface area contributed by atoms with Crippen LogP contribution in [-0.4, -0.2) is 51.4 Å². The first-order valence-electron chi connectivity index (χ1n) is 7.96. The van der Waals surface area contributed by atoms with Crippen molar-refractivity contribution in [3.63, 3.8) is 0 Å². The van der Waals surface area contributed by atoms with Crippen LogP contribution >= 0.6 is 0 Å². The molecule has 0 spiro atoms. The Bertz CT molecular complexity index is 483. The Hall–Kier alpha value is -1.59. The van der Waals surface area contributed by atoms with Crippen LogP contribution in [0.2, 0.25) is 0 Å². The summed E-state index contributed by atoms with van der Waals surface area (Å²) in [5.41, 5.74) is 1.12. The zero-order valence-corrected chi connectivity index (χ0v) is 13.7. The molecule has 1 aromatic rings. The largest absolute Gasteiger partial charge is 0.496 e. The number of ether oxygens (including phenoxy) is 2. The van der Waals surface area contributed by atoms with E-state index in [1.807, 2.05) is 24.3 Å². The number of amides is 1. The van der Waals surface area contributed by atoms with Crippen molar-refractivity contribution < 1.29 is 19.2 Å². The van der Waals surface area contributed by atoms with Crippen LogP contribution in [0.3, 0.4) is 0 Å². The molecule has 1 aliphatic heterocycles. The average Bonchev–Trinajstić information content (AvgIpc) is 2.46. The second-order valence-electron chi connectivity index (χ2n) is 6.00. The molecule has 5 nitrogen and oxygen atoms in total. The predicted molar refractivity (Wildman–Crippen MR) is 85.3 cm³/mol. The van der Waals surface area contributed by atoms with Crippen molar-refractivity contribution in [3.8, 4) is 5.75 Å². The molecule has 1 heterocycles. The van der Waals surface area contributed by atoms with Crippen molar-refractivity contribution in [1.82, 2.24) is 5.32 Å². The van der Waals surface area contributed by atoms with Gasteiger partial charge in [-0.25, -0.2) is 0 Å². The van der Waals surface area contributed by atoms with E-state index in [1.54, 1.807) is 7.11 Å². The van der Waals surface area contributed by atoms with Gasteiger partial charge in [0.2, 0.25) is 0 Å². The third kappa shape index (κ3) is 5.00. The number of quaternary nitrogens is 1. The summed E-state index contributed by atoms with van der Waals surface area (Å²) in [6, 6.07) is 7.91. The fourth-order valence-electron chi connectivity index (χ4n) is 3.07. The van der Waals surface area contributed by atoms with Gasteiger partial charge in [-0.15, -0.1) is 0 Å². The van der Waals surface area contributed by atoms with Crippen LogP contribution in [0.1, 0.15) is 19.4 Å². The average molecular weight is 307 g/mol. The lowest BCUT2D eigenvalue weighted by Gasteiger charge is -2.31. The lowest BCUT2D eigenvalue weighted by molar-refractivity contribution is -0.907. The van der Waals surface area contributed by atoms with Crippen LogP contribution in [0, 0.1) is 0 Å². The fourth-order valence-corrected chi connectivity index (χ4v) is 3.07. The molecule has 0 aromatic heterocycles. The first-order valence-corrected chi connectivity index (χ1v) is 7.96. The second kappa shape index (κ2) is 8.15. The molecule has 2 N–H and O–H groups in total. The highest BCUT2D eigenvalue weighted by Crippen LogP contribution is 2.17. The van der Waals surface area contributed by atoms with Gasteiger partial charge in [0.15, 0.2) is 6.54 Å². The van der Waals surface area contributed by atoms with E-state index in [0.717, 1.165) is 30.8 Å². The first-order chi connectivity index (χ1) is 10.6. The van der Waals surface area contributed by atoms with Crippen molar-refractivity contribution in [2.45, 2.75) is 32.5 Å². The van der Waals surface area contributed by atoms with E-state index in [9.17, 15) is 4.79 Å². The van der Waals surface area contributed by atoms with Gasteiger partial charge in [-0.3, -0.25) is 4.79 Å². The highest BCUT2D eigenvalue weighted by Gasteiger charge is 2.26. The maximum Gasteiger partial charge on any atom is 0.275 e. The number of methoxy groups -OCH3 is 1. The van der Waals surface area contributed by atoms with Crippen LogP contribution in [0.5, 0.6) is 5.75 Å². The third-order valence-electron chi connectivity index (χ3n) is 3.94. The lowest BCUT2D eigenvalue weighted by Crippen LogP contribution is -3.16. The smallest absolute Gasteiger partial charge is 0.275 e. The molecule has 22 heavy (non-hydrogen) atoms. The molecule has 1 amide bonds. The van der Waals surface area contributed by atoms with E-state index in [1.165, 1.54) is 4.90 Å². The molecule has 1 fully saturated rings. The van der Waals surface area contributed by atoms with E-state index in [4.69, 9.17) is 9.47 Å². The molecule has 122 valence electrons. The standard InChI is InChI=1S/C17H26N2O3/c1-13-10-19(11-14(2)22-13)12-17(20)18-9-8-15-6-4-5-7-16(15)21-3/h4-7,13-14H,8-12H2,1-3H3,(H,18,20)/p+1/t13-,14-/m0/s1. The highest BCUT2D eigenvalue weighted by atomic mass is 16.5. The van der Waals surface area contributed by atoms with Gasteiger partial charge in [0.05, 0.1) is 7.11 Å². The summed E-state index contributed by atoms with van der Waals surface area (Å²) in [7, 11) is 1.67. The molecule has 0 radical (unpaired) electrons. The quantitative estimate of drug-likeness (QED) is 0.781. The number of carbonyl (C=O) groups excluding carboxylic acids is 1. The van der Waals surface area contributed by atoms with Gasteiger partial charge in [-0.05, 0) is 31.9 Å². The molecular formula is C17H27N2O3+. The Balaban J connectivity index is 1.74. The van der Waals surface area contributed by atoms with Gasteiger partial charge < -0.3 is 19.7 Å². The number of morpholine rings is 1. The molecule has 0 unspecified atom stereocenters. The van der Waals surface area contributed by atoms with Gasteiger partial charge in [0.25, 0.3) is 5.91 Å². The SMILES string of the molecule is COc1ccccc1CCNC(=O)C[NH+]1C[C@H](C)O[C@@H](C)C1. The zero-order chi connectivity index (χ0) is 15.9. The number of benzene rings is 1. The molecule has 0 bridgehead atoms. The molecule has 1 aromatic carbocycles. The number of carbonyl (C=O) groups is 1. The number of nitrogens with one attached hydrogen (secondary N) is 2. The summed E-state index contributed by atoms with van der Waals surface area (Å²) in [5, 5.41) is 3.00. The number of hydrogen-bond acceptors (Lipinski definition) is 3. The van der Waals surface area contributed by atoms with Gasteiger partial charge >= 0.3 is 0 Å². The molecule has 0 saturated carbocycles. The monoisotopic (exact) mass is 307 g/mol. The highest BCUT2D eigenvalue weighted by molar-refractivity contribution is 5.76. The van der Waals surface area contributed by atoms with Gasteiger partial charge in [-0.2, -0.15) is 0 Å². The maximum absolute atomic E-state index is 12.1. The molecule has 1 saturated heterocycles. The normalized spacial score (nSPS) is 24.8. The van der Waals surface area contributed by atoms with E-state index < -0.39 is 0 Å². The Kier molecular flexibility index (Phi) is 6.21. The van der Waals surface area contributed by atoms with Crippen molar-refractivity contribution in [2.75, 3.05) is 33.3 Å². The number of rotatable bonds is 6. The number of para-hydroxylation sites is 1. The number of hydrogen-bond donors (Lipinski definition) is 2. The van der Waals surface area contributed by atoms with Crippen LogP contribution < -0.4 is 15.0 Å². The van der Waals surface area contributed by atoms with Gasteiger partial charge in [0, 0.05) is 6.54 Å². The van der Waals surface area contributed by atoms with Crippen molar-refractivity contribution in [2.24, 2.45) is 0 Å². The van der Waals surface area contributed by atoms with E-state index >= 15 is 0 Å². The Morgan fingerprint density at radius 1 is 1.32 bits per heavy atom. The lowest BCUT2D eigenvalue weighted by atomic mass is 10.1. The molecule has 5 heteroatoms.